The molecule has 4 rings (SSSR count). The number of nitrogens with zero attached hydrogens (tertiary/aromatic N) is 2. The maximum Gasteiger partial charge on any atom is 0.144 e. The molecule has 1 aliphatic heterocycles. The van der Waals surface area contributed by atoms with Gasteiger partial charge in [0.1, 0.15) is 17.3 Å². The van der Waals surface area contributed by atoms with Gasteiger partial charge in [-0.2, -0.15) is 0 Å². The number of nitrogen functional groups attached to an aromatic ring is 1. The summed E-state index contributed by atoms with van der Waals surface area (Å²) in [7, 11) is 0. The summed E-state index contributed by atoms with van der Waals surface area (Å²) in [4.78, 5) is 12.6. The van der Waals surface area contributed by atoms with E-state index in [0.29, 0.717) is 11.7 Å². The van der Waals surface area contributed by atoms with Gasteiger partial charge >= 0.3 is 0 Å². The highest BCUT2D eigenvalue weighted by Crippen LogP contribution is 2.31. The van der Waals surface area contributed by atoms with E-state index in [1.165, 1.54) is 0 Å². The van der Waals surface area contributed by atoms with Crippen molar-refractivity contribution in [1.82, 2.24) is 15.0 Å². The van der Waals surface area contributed by atoms with Crippen molar-refractivity contribution in [3.63, 3.8) is 0 Å². The van der Waals surface area contributed by atoms with Crippen molar-refractivity contribution < 1.29 is 4.74 Å². The number of anilines is 1. The first-order valence-electron chi connectivity index (χ1n) is 6.94. The molecule has 102 valence electrons. The average Bonchev–Trinajstić information content (AvgIpc) is 2.87. The minimum atomic E-state index is 0.349. The Balaban J connectivity index is 1.91. The number of benzene rings is 1. The maximum atomic E-state index is 6.17. The van der Waals surface area contributed by atoms with Crippen LogP contribution >= 0.6 is 0 Å². The monoisotopic (exact) mass is 268 g/mol. The van der Waals surface area contributed by atoms with E-state index in [9.17, 15) is 0 Å². The quantitative estimate of drug-likeness (QED) is 0.711. The Labute approximate surface area is 116 Å². The molecule has 0 radical (unpaired) electrons. The second-order valence-electron chi connectivity index (χ2n) is 5.25. The Morgan fingerprint density at radius 2 is 1.95 bits per heavy atom. The van der Waals surface area contributed by atoms with Crippen molar-refractivity contribution in [2.45, 2.75) is 18.8 Å². The third kappa shape index (κ3) is 1.74. The molecule has 0 atom stereocenters. The predicted octanol–water partition coefficient (Wildman–Crippen LogP) is 2.59. The largest absolute Gasteiger partial charge is 0.383 e. The second kappa shape index (κ2) is 4.45. The lowest BCUT2D eigenvalue weighted by atomic mass is 9.99. The summed E-state index contributed by atoms with van der Waals surface area (Å²) in [5.41, 5.74) is 8.05. The van der Waals surface area contributed by atoms with Gasteiger partial charge in [-0.1, -0.05) is 18.2 Å². The van der Waals surface area contributed by atoms with Gasteiger partial charge in [-0.3, -0.25) is 0 Å². The number of aromatic amines is 1. The standard InChI is InChI=1S/C15H16N4O/c16-13-12-10-3-1-2-4-11(10)17-15(12)19-14(18-13)9-5-7-20-8-6-9/h1-4,9H,5-8H2,(H3,16,17,18,19). The van der Waals surface area contributed by atoms with Crippen molar-refractivity contribution in [1.29, 1.82) is 0 Å². The smallest absolute Gasteiger partial charge is 0.144 e. The maximum absolute atomic E-state index is 6.17. The third-order valence-corrected chi connectivity index (χ3v) is 3.99. The first-order valence-corrected chi connectivity index (χ1v) is 6.94. The van der Waals surface area contributed by atoms with Gasteiger partial charge in [-0.25, -0.2) is 9.97 Å². The summed E-state index contributed by atoms with van der Waals surface area (Å²) in [6, 6.07) is 8.08. The Kier molecular flexibility index (Phi) is 2.60. The third-order valence-electron chi connectivity index (χ3n) is 3.99. The summed E-state index contributed by atoms with van der Waals surface area (Å²) in [5.74, 6) is 1.75. The number of rotatable bonds is 1. The van der Waals surface area contributed by atoms with Crippen molar-refractivity contribution in [2.24, 2.45) is 0 Å². The van der Waals surface area contributed by atoms with Crippen LogP contribution in [-0.2, 0) is 4.74 Å². The van der Waals surface area contributed by atoms with Crippen LogP contribution in [0.2, 0.25) is 0 Å². The summed E-state index contributed by atoms with van der Waals surface area (Å²) in [5, 5.41) is 2.01. The molecule has 5 heteroatoms. The minimum absolute atomic E-state index is 0.349. The fourth-order valence-electron chi connectivity index (χ4n) is 2.93. The van der Waals surface area contributed by atoms with E-state index < -0.39 is 0 Å². The molecule has 1 saturated heterocycles. The second-order valence-corrected chi connectivity index (χ2v) is 5.25. The van der Waals surface area contributed by atoms with Gasteiger partial charge < -0.3 is 15.5 Å². The fraction of sp³-hybridized carbons (Fsp3) is 0.333. The van der Waals surface area contributed by atoms with E-state index in [2.05, 4.69) is 9.97 Å². The van der Waals surface area contributed by atoms with Crippen LogP contribution in [0.3, 0.4) is 0 Å². The van der Waals surface area contributed by atoms with E-state index in [1.807, 2.05) is 24.3 Å². The molecule has 0 unspecified atom stereocenters. The summed E-state index contributed by atoms with van der Waals surface area (Å²) in [6.07, 6.45) is 1.93. The van der Waals surface area contributed by atoms with Gasteiger partial charge in [0.05, 0.1) is 5.39 Å². The number of hydrogen-bond donors (Lipinski definition) is 2. The number of aromatic nitrogens is 3. The van der Waals surface area contributed by atoms with E-state index in [0.717, 1.165) is 53.8 Å². The molecule has 5 nitrogen and oxygen atoms in total. The van der Waals surface area contributed by atoms with Gasteiger partial charge in [0.25, 0.3) is 0 Å². The average molecular weight is 268 g/mol. The zero-order valence-electron chi connectivity index (χ0n) is 11.1. The minimum Gasteiger partial charge on any atom is -0.383 e. The number of fused-ring (bicyclic) bond motifs is 3. The van der Waals surface area contributed by atoms with Gasteiger partial charge in [0.15, 0.2) is 0 Å². The molecule has 1 fully saturated rings. The highest BCUT2D eigenvalue weighted by Gasteiger charge is 2.21. The number of H-pyrrole nitrogens is 1. The van der Waals surface area contributed by atoms with Crippen molar-refractivity contribution in [3.8, 4) is 0 Å². The van der Waals surface area contributed by atoms with Crippen molar-refractivity contribution in [2.75, 3.05) is 18.9 Å². The van der Waals surface area contributed by atoms with Crippen LogP contribution in [-0.4, -0.2) is 28.2 Å². The molecule has 3 N–H and O–H groups in total. The highest BCUT2D eigenvalue weighted by molar-refractivity contribution is 6.10. The lowest BCUT2D eigenvalue weighted by Crippen LogP contribution is -2.17. The molecular weight excluding hydrogens is 252 g/mol. The first-order chi connectivity index (χ1) is 9.83. The summed E-state index contributed by atoms with van der Waals surface area (Å²) >= 11 is 0. The van der Waals surface area contributed by atoms with Crippen molar-refractivity contribution >= 4 is 27.8 Å². The Morgan fingerprint density at radius 1 is 1.15 bits per heavy atom. The first kappa shape index (κ1) is 11.7. The van der Waals surface area contributed by atoms with Crippen LogP contribution in [0.5, 0.6) is 0 Å². The predicted molar refractivity (Wildman–Crippen MR) is 78.6 cm³/mol. The summed E-state index contributed by atoms with van der Waals surface area (Å²) < 4.78 is 5.39. The molecule has 0 aliphatic carbocycles. The normalized spacial score (nSPS) is 17.0. The molecule has 0 bridgehead atoms. The van der Waals surface area contributed by atoms with Gasteiger partial charge in [-0.15, -0.1) is 0 Å². The molecule has 1 aliphatic rings. The summed E-state index contributed by atoms with van der Waals surface area (Å²) in [6.45, 7) is 1.55. The van der Waals surface area contributed by atoms with Gasteiger partial charge in [0, 0.05) is 30.0 Å². The molecular formula is C15H16N4O. The van der Waals surface area contributed by atoms with Gasteiger partial charge in [-0.05, 0) is 18.9 Å². The Morgan fingerprint density at radius 3 is 2.80 bits per heavy atom. The molecule has 3 aromatic rings. The van der Waals surface area contributed by atoms with Crippen LogP contribution in [0.1, 0.15) is 24.6 Å². The lowest BCUT2D eigenvalue weighted by molar-refractivity contribution is 0.0837. The number of nitrogens with one attached hydrogen (secondary N) is 1. The molecule has 20 heavy (non-hydrogen) atoms. The topological polar surface area (TPSA) is 76.8 Å². The van der Waals surface area contributed by atoms with Crippen LogP contribution in [0.25, 0.3) is 21.9 Å². The zero-order valence-corrected chi connectivity index (χ0v) is 11.1. The van der Waals surface area contributed by atoms with Crippen LogP contribution < -0.4 is 5.73 Å². The lowest BCUT2D eigenvalue weighted by Gasteiger charge is -2.20. The number of para-hydroxylation sites is 1. The number of ether oxygens (including phenoxy) is 1. The highest BCUT2D eigenvalue weighted by atomic mass is 16.5. The van der Waals surface area contributed by atoms with E-state index in [1.54, 1.807) is 0 Å². The number of hydrogen-bond acceptors (Lipinski definition) is 4. The van der Waals surface area contributed by atoms with E-state index >= 15 is 0 Å². The van der Waals surface area contributed by atoms with Crippen LogP contribution in [0.4, 0.5) is 5.82 Å². The van der Waals surface area contributed by atoms with Crippen LogP contribution in [0, 0.1) is 0 Å². The Hall–Kier alpha value is -2.14. The van der Waals surface area contributed by atoms with E-state index in [-0.39, 0.29) is 0 Å². The molecule has 3 heterocycles. The Bertz CT molecular complexity index is 774. The van der Waals surface area contributed by atoms with E-state index in [4.69, 9.17) is 15.5 Å². The fourth-order valence-corrected chi connectivity index (χ4v) is 2.93. The molecule has 0 amide bonds. The number of nitrogens with two attached hydrogens (primary N) is 1. The SMILES string of the molecule is Nc1nc(C2CCOCC2)nc2[nH]c3ccccc3c12. The molecule has 0 spiro atoms. The molecule has 1 aromatic carbocycles. The van der Waals surface area contributed by atoms with Crippen LogP contribution in [0.15, 0.2) is 24.3 Å². The zero-order chi connectivity index (χ0) is 13.5. The van der Waals surface area contributed by atoms with Gasteiger partial charge in [0.2, 0.25) is 0 Å². The van der Waals surface area contributed by atoms with Crippen molar-refractivity contribution in [3.05, 3.63) is 30.1 Å². The molecule has 0 saturated carbocycles. The molecule has 2 aromatic heterocycles.